The van der Waals surface area contributed by atoms with Gasteiger partial charge >= 0.3 is 6.09 Å². The highest BCUT2D eigenvalue weighted by molar-refractivity contribution is 5.79. The van der Waals surface area contributed by atoms with Gasteiger partial charge in [0.05, 0.1) is 13.1 Å². The number of amides is 1. The van der Waals surface area contributed by atoms with Gasteiger partial charge < -0.3 is 20.1 Å². The average molecular weight is 415 g/mol. The van der Waals surface area contributed by atoms with Crippen LogP contribution in [0.1, 0.15) is 33.7 Å². The van der Waals surface area contributed by atoms with Crippen molar-refractivity contribution in [3.8, 4) is 16.9 Å². The summed E-state index contributed by atoms with van der Waals surface area (Å²) in [4.78, 5) is 14.7. The number of carbonyl (C=O) groups excluding carboxylic acids is 1. The molecule has 0 saturated heterocycles. The third-order valence-electron chi connectivity index (χ3n) is 6.21. The fourth-order valence-corrected chi connectivity index (χ4v) is 4.75. The van der Waals surface area contributed by atoms with E-state index >= 15 is 0 Å². The molecule has 0 unspecified atom stereocenters. The molecule has 0 radical (unpaired) electrons. The number of nitrogens with two attached hydrogens (primary N) is 1. The summed E-state index contributed by atoms with van der Waals surface area (Å²) < 4.78 is 11.8. The molecule has 0 aromatic heterocycles. The van der Waals surface area contributed by atoms with Crippen LogP contribution in [0, 0.1) is 6.92 Å². The predicted octanol–water partition coefficient (Wildman–Crippen LogP) is 4.60. The van der Waals surface area contributed by atoms with Crippen molar-refractivity contribution in [1.82, 2.24) is 4.90 Å². The number of ether oxygens (including phenoxy) is 2. The van der Waals surface area contributed by atoms with E-state index in [-0.39, 0.29) is 12.0 Å². The molecule has 5 rings (SSSR count). The lowest BCUT2D eigenvalue weighted by molar-refractivity contribution is 0.0947. The maximum Gasteiger partial charge on any atom is 0.410 e. The molecule has 3 aromatic carbocycles. The summed E-state index contributed by atoms with van der Waals surface area (Å²) in [6.07, 6.45) is -0.311. The second kappa shape index (κ2) is 8.08. The number of rotatable bonds is 3. The highest BCUT2D eigenvalue weighted by atomic mass is 16.6. The summed E-state index contributed by atoms with van der Waals surface area (Å²) in [5, 5.41) is 0. The van der Waals surface area contributed by atoms with Crippen molar-refractivity contribution in [2.24, 2.45) is 5.73 Å². The first-order valence-electron chi connectivity index (χ1n) is 10.7. The normalized spacial score (nSPS) is 14.8. The summed E-state index contributed by atoms with van der Waals surface area (Å²) in [7, 11) is 0. The molecule has 31 heavy (non-hydrogen) atoms. The molecule has 2 N–H and O–H groups in total. The Labute approximate surface area is 182 Å². The Hall–Kier alpha value is -3.31. The van der Waals surface area contributed by atoms with Crippen LogP contribution in [0.25, 0.3) is 11.1 Å². The summed E-state index contributed by atoms with van der Waals surface area (Å²) in [5.41, 5.74) is 13.8. The van der Waals surface area contributed by atoms with Crippen LogP contribution in [0.2, 0.25) is 0 Å². The summed E-state index contributed by atoms with van der Waals surface area (Å²) >= 11 is 0. The van der Waals surface area contributed by atoms with Gasteiger partial charge in [-0.1, -0.05) is 54.6 Å². The Morgan fingerprint density at radius 2 is 1.77 bits per heavy atom. The van der Waals surface area contributed by atoms with Crippen molar-refractivity contribution in [3.05, 3.63) is 88.5 Å². The van der Waals surface area contributed by atoms with E-state index in [0.29, 0.717) is 32.8 Å². The number of benzene rings is 3. The van der Waals surface area contributed by atoms with Gasteiger partial charge in [0.1, 0.15) is 19.0 Å². The van der Waals surface area contributed by atoms with Gasteiger partial charge in [-0.25, -0.2) is 4.79 Å². The van der Waals surface area contributed by atoms with Crippen LogP contribution in [0.15, 0.2) is 60.7 Å². The van der Waals surface area contributed by atoms with Crippen LogP contribution in [-0.2, 0) is 17.8 Å². The lowest BCUT2D eigenvalue weighted by Gasteiger charge is -2.21. The first-order valence-corrected chi connectivity index (χ1v) is 10.7. The number of hydrogen-bond donors (Lipinski definition) is 1. The summed E-state index contributed by atoms with van der Waals surface area (Å²) in [5.74, 6) is 0.907. The van der Waals surface area contributed by atoms with Crippen molar-refractivity contribution >= 4 is 6.09 Å². The Bertz CT molecular complexity index is 1100. The maximum atomic E-state index is 13.0. The molecule has 1 heterocycles. The largest absolute Gasteiger partial charge is 0.491 e. The smallest absolute Gasteiger partial charge is 0.410 e. The minimum atomic E-state index is -0.311. The van der Waals surface area contributed by atoms with E-state index in [0.717, 1.165) is 22.4 Å². The quantitative estimate of drug-likeness (QED) is 0.680. The van der Waals surface area contributed by atoms with Crippen molar-refractivity contribution in [2.45, 2.75) is 25.9 Å². The van der Waals surface area contributed by atoms with Gasteiger partial charge in [0.15, 0.2) is 0 Å². The SMILES string of the molecule is Cc1cc(CN)cc2c1OCCN(C(=O)OCC1c3ccccc3-c3ccccc31)C2. The molecule has 1 aliphatic heterocycles. The number of fused-ring (bicyclic) bond motifs is 4. The highest BCUT2D eigenvalue weighted by Gasteiger charge is 2.30. The molecule has 3 aromatic rings. The molecule has 5 heteroatoms. The van der Waals surface area contributed by atoms with Gasteiger partial charge in [-0.15, -0.1) is 0 Å². The second-order valence-corrected chi connectivity index (χ2v) is 8.18. The number of aryl methyl sites for hydroxylation is 1. The van der Waals surface area contributed by atoms with Gasteiger partial charge in [-0.2, -0.15) is 0 Å². The maximum absolute atomic E-state index is 13.0. The van der Waals surface area contributed by atoms with Gasteiger partial charge in [0.2, 0.25) is 0 Å². The number of carbonyl (C=O) groups is 1. The van der Waals surface area contributed by atoms with Crippen molar-refractivity contribution in [1.29, 1.82) is 0 Å². The van der Waals surface area contributed by atoms with Gasteiger partial charge in [0, 0.05) is 18.0 Å². The minimum absolute atomic E-state index is 0.0537. The molecule has 0 bridgehead atoms. The fraction of sp³-hybridized carbons (Fsp3) is 0.269. The number of hydrogen-bond acceptors (Lipinski definition) is 4. The molecular formula is C26H26N2O3. The monoisotopic (exact) mass is 414 g/mol. The van der Waals surface area contributed by atoms with E-state index in [9.17, 15) is 4.79 Å². The number of nitrogens with zero attached hydrogens (tertiary/aromatic N) is 1. The molecule has 0 atom stereocenters. The van der Waals surface area contributed by atoms with E-state index in [4.69, 9.17) is 15.2 Å². The Balaban J connectivity index is 1.34. The average Bonchev–Trinajstić information content (AvgIpc) is 2.95. The molecule has 0 fully saturated rings. The van der Waals surface area contributed by atoms with Crippen molar-refractivity contribution in [2.75, 3.05) is 19.8 Å². The molecule has 158 valence electrons. The van der Waals surface area contributed by atoms with E-state index < -0.39 is 0 Å². The zero-order valence-corrected chi connectivity index (χ0v) is 17.6. The van der Waals surface area contributed by atoms with E-state index in [1.807, 2.05) is 31.2 Å². The van der Waals surface area contributed by atoms with E-state index in [1.54, 1.807) is 4.90 Å². The third-order valence-corrected chi connectivity index (χ3v) is 6.21. The first-order chi connectivity index (χ1) is 15.2. The zero-order valence-electron chi connectivity index (χ0n) is 17.6. The van der Waals surface area contributed by atoms with E-state index in [1.165, 1.54) is 22.3 Å². The van der Waals surface area contributed by atoms with Crippen LogP contribution in [0.3, 0.4) is 0 Å². The minimum Gasteiger partial charge on any atom is -0.491 e. The highest BCUT2D eigenvalue weighted by Crippen LogP contribution is 2.44. The Morgan fingerprint density at radius 3 is 2.45 bits per heavy atom. The lowest BCUT2D eigenvalue weighted by atomic mass is 9.98. The van der Waals surface area contributed by atoms with Crippen LogP contribution < -0.4 is 10.5 Å². The Kier molecular flexibility index (Phi) is 5.12. The first kappa shape index (κ1) is 19.6. The molecular weight excluding hydrogens is 388 g/mol. The van der Waals surface area contributed by atoms with Gasteiger partial charge in [-0.3, -0.25) is 0 Å². The molecule has 1 amide bonds. The van der Waals surface area contributed by atoms with Gasteiger partial charge in [-0.05, 0) is 46.4 Å². The molecule has 1 aliphatic carbocycles. The van der Waals surface area contributed by atoms with Crippen LogP contribution in [-0.4, -0.2) is 30.8 Å². The topological polar surface area (TPSA) is 64.8 Å². The van der Waals surface area contributed by atoms with Gasteiger partial charge in [0.25, 0.3) is 0 Å². The predicted molar refractivity (Wildman–Crippen MR) is 120 cm³/mol. The van der Waals surface area contributed by atoms with Crippen LogP contribution >= 0.6 is 0 Å². The molecule has 2 aliphatic rings. The standard InChI is InChI=1S/C26H26N2O3/c1-17-12-18(14-27)13-19-15-28(10-11-30-25(17)19)26(29)31-16-24-22-8-4-2-6-20(22)21-7-3-5-9-23(21)24/h2-9,12-13,24H,10-11,14-16,27H2,1H3. The van der Waals surface area contributed by atoms with Crippen LogP contribution in [0.4, 0.5) is 4.79 Å². The second-order valence-electron chi connectivity index (χ2n) is 8.18. The molecule has 5 nitrogen and oxygen atoms in total. The lowest BCUT2D eigenvalue weighted by Crippen LogP contribution is -2.33. The molecule has 0 saturated carbocycles. The van der Waals surface area contributed by atoms with Crippen molar-refractivity contribution in [3.63, 3.8) is 0 Å². The fourth-order valence-electron chi connectivity index (χ4n) is 4.75. The summed E-state index contributed by atoms with van der Waals surface area (Å²) in [6.45, 7) is 4.18. The third kappa shape index (κ3) is 3.55. The Morgan fingerprint density at radius 1 is 1.10 bits per heavy atom. The van der Waals surface area contributed by atoms with Crippen LogP contribution in [0.5, 0.6) is 5.75 Å². The molecule has 0 spiro atoms. The zero-order chi connectivity index (χ0) is 21.4. The van der Waals surface area contributed by atoms with E-state index in [2.05, 4.69) is 36.4 Å². The van der Waals surface area contributed by atoms with Crippen molar-refractivity contribution < 1.29 is 14.3 Å². The summed E-state index contributed by atoms with van der Waals surface area (Å²) in [6, 6.07) is 20.8.